The van der Waals surface area contributed by atoms with E-state index in [-0.39, 0.29) is 0 Å². The fraction of sp³-hybridized carbons (Fsp3) is 0.200. The van der Waals surface area contributed by atoms with Crippen LogP contribution in [-0.2, 0) is 6.54 Å². The molecule has 5 heteroatoms. The molecule has 0 saturated heterocycles. The molecule has 15 heavy (non-hydrogen) atoms. The molecule has 2 heterocycles. The molecule has 78 valence electrons. The van der Waals surface area contributed by atoms with E-state index in [0.717, 1.165) is 11.4 Å². The van der Waals surface area contributed by atoms with E-state index >= 15 is 0 Å². The number of rotatable bonds is 4. The number of nitrogens with one attached hydrogen (secondary N) is 2. The molecule has 0 unspecified atom stereocenters. The maximum absolute atomic E-state index is 5.03. The number of methoxy groups -OCH3 is 1. The summed E-state index contributed by atoms with van der Waals surface area (Å²) in [4.78, 5) is 4.28. The summed E-state index contributed by atoms with van der Waals surface area (Å²) in [6.45, 7) is 0.650. The number of hydrogen-bond acceptors (Lipinski definition) is 4. The zero-order valence-electron chi connectivity index (χ0n) is 8.40. The first-order valence-electron chi connectivity index (χ1n) is 4.61. The fourth-order valence-electron chi connectivity index (χ4n) is 1.21. The van der Waals surface area contributed by atoms with E-state index in [0.29, 0.717) is 12.4 Å². The van der Waals surface area contributed by atoms with Gasteiger partial charge < -0.3 is 10.1 Å². The molecule has 0 fully saturated rings. The van der Waals surface area contributed by atoms with Gasteiger partial charge in [-0.15, -0.1) is 0 Å². The highest BCUT2D eigenvalue weighted by Crippen LogP contribution is 2.08. The maximum atomic E-state index is 5.03. The minimum Gasteiger partial charge on any atom is -0.481 e. The van der Waals surface area contributed by atoms with Gasteiger partial charge in [-0.2, -0.15) is 5.10 Å². The molecular formula is C10H12N4O. The van der Waals surface area contributed by atoms with Crippen LogP contribution in [0.2, 0.25) is 0 Å². The van der Waals surface area contributed by atoms with Gasteiger partial charge in [0.2, 0.25) is 5.88 Å². The van der Waals surface area contributed by atoms with Crippen LogP contribution in [-0.4, -0.2) is 22.3 Å². The van der Waals surface area contributed by atoms with Gasteiger partial charge in [0.15, 0.2) is 0 Å². The Hall–Kier alpha value is -2.04. The van der Waals surface area contributed by atoms with Crippen LogP contribution in [0.25, 0.3) is 0 Å². The van der Waals surface area contributed by atoms with Crippen molar-refractivity contribution in [3.8, 4) is 5.88 Å². The quantitative estimate of drug-likeness (QED) is 0.790. The number of anilines is 1. The van der Waals surface area contributed by atoms with Gasteiger partial charge in [-0.05, 0) is 6.07 Å². The zero-order valence-corrected chi connectivity index (χ0v) is 8.40. The molecule has 0 atom stereocenters. The molecular weight excluding hydrogens is 192 g/mol. The summed E-state index contributed by atoms with van der Waals surface area (Å²) in [5.74, 6) is 0.626. The van der Waals surface area contributed by atoms with Gasteiger partial charge in [-0.25, -0.2) is 4.98 Å². The second kappa shape index (κ2) is 4.45. The Morgan fingerprint density at radius 1 is 1.47 bits per heavy atom. The summed E-state index contributed by atoms with van der Waals surface area (Å²) in [6.07, 6.45) is 3.51. The first-order chi connectivity index (χ1) is 7.38. The van der Waals surface area contributed by atoms with E-state index in [9.17, 15) is 0 Å². The second-order valence-electron chi connectivity index (χ2n) is 3.01. The summed E-state index contributed by atoms with van der Waals surface area (Å²) in [6, 6.07) is 5.68. The third-order valence-electron chi connectivity index (χ3n) is 1.96. The van der Waals surface area contributed by atoms with E-state index in [1.807, 2.05) is 18.2 Å². The highest BCUT2D eigenvalue weighted by atomic mass is 16.5. The van der Waals surface area contributed by atoms with Crippen LogP contribution >= 0.6 is 0 Å². The topological polar surface area (TPSA) is 62.8 Å². The lowest BCUT2D eigenvalue weighted by atomic mass is 10.3. The van der Waals surface area contributed by atoms with Crippen molar-refractivity contribution >= 4 is 5.69 Å². The molecule has 0 bridgehead atoms. The SMILES string of the molecule is COc1cccc(CNc2cn[nH]c2)n1. The lowest BCUT2D eigenvalue weighted by Crippen LogP contribution is -2.01. The molecule has 2 rings (SSSR count). The number of nitrogens with zero attached hydrogens (tertiary/aromatic N) is 2. The fourth-order valence-corrected chi connectivity index (χ4v) is 1.21. The van der Waals surface area contributed by atoms with Crippen LogP contribution in [0, 0.1) is 0 Å². The Labute approximate surface area is 87.5 Å². The molecule has 0 spiro atoms. The lowest BCUT2D eigenvalue weighted by Gasteiger charge is -2.04. The van der Waals surface area contributed by atoms with Crippen molar-refractivity contribution in [2.45, 2.75) is 6.54 Å². The first kappa shape index (κ1) is 9.51. The largest absolute Gasteiger partial charge is 0.481 e. The smallest absolute Gasteiger partial charge is 0.213 e. The highest BCUT2D eigenvalue weighted by molar-refractivity contribution is 5.38. The van der Waals surface area contributed by atoms with E-state index < -0.39 is 0 Å². The van der Waals surface area contributed by atoms with Gasteiger partial charge in [0, 0.05) is 12.3 Å². The van der Waals surface area contributed by atoms with Gasteiger partial charge in [-0.3, -0.25) is 5.10 Å². The third kappa shape index (κ3) is 2.46. The molecule has 2 aromatic rings. The number of hydrogen-bond donors (Lipinski definition) is 2. The standard InChI is InChI=1S/C10H12N4O/c1-15-10-4-2-3-8(14-10)5-11-9-6-12-13-7-9/h2-4,6-7,11H,5H2,1H3,(H,12,13). The van der Waals surface area contributed by atoms with Gasteiger partial charge >= 0.3 is 0 Å². The van der Waals surface area contributed by atoms with Crippen LogP contribution in [0.15, 0.2) is 30.6 Å². The number of H-pyrrole nitrogens is 1. The Morgan fingerprint density at radius 3 is 3.13 bits per heavy atom. The summed E-state index contributed by atoms with van der Waals surface area (Å²) in [5, 5.41) is 9.75. The van der Waals surface area contributed by atoms with Crippen molar-refractivity contribution in [1.82, 2.24) is 15.2 Å². The van der Waals surface area contributed by atoms with Gasteiger partial charge in [0.1, 0.15) is 0 Å². The summed E-state index contributed by atoms with van der Waals surface area (Å²) in [7, 11) is 1.61. The molecule has 0 aromatic carbocycles. The number of aromatic nitrogens is 3. The number of pyridine rings is 1. The molecule has 2 aromatic heterocycles. The molecule has 2 N–H and O–H groups in total. The predicted octanol–water partition coefficient (Wildman–Crippen LogP) is 1.43. The van der Waals surface area contributed by atoms with Crippen LogP contribution in [0.4, 0.5) is 5.69 Å². The molecule has 0 aliphatic carbocycles. The van der Waals surface area contributed by atoms with E-state index in [1.54, 1.807) is 19.5 Å². The van der Waals surface area contributed by atoms with Crippen molar-refractivity contribution in [1.29, 1.82) is 0 Å². The van der Waals surface area contributed by atoms with Crippen molar-refractivity contribution < 1.29 is 4.74 Å². The van der Waals surface area contributed by atoms with Gasteiger partial charge in [-0.1, -0.05) is 6.07 Å². The van der Waals surface area contributed by atoms with Crippen molar-refractivity contribution in [3.63, 3.8) is 0 Å². The molecule has 0 radical (unpaired) electrons. The highest BCUT2D eigenvalue weighted by Gasteiger charge is 1.98. The maximum Gasteiger partial charge on any atom is 0.213 e. The van der Waals surface area contributed by atoms with Crippen molar-refractivity contribution in [2.75, 3.05) is 12.4 Å². The molecule has 0 saturated carbocycles. The summed E-state index contributed by atoms with van der Waals surface area (Å²) >= 11 is 0. The normalized spacial score (nSPS) is 9.93. The minimum absolute atomic E-state index is 0.626. The Balaban J connectivity index is 1.98. The first-order valence-corrected chi connectivity index (χ1v) is 4.61. The number of aromatic amines is 1. The van der Waals surface area contributed by atoms with Crippen LogP contribution in [0.5, 0.6) is 5.88 Å². The lowest BCUT2D eigenvalue weighted by molar-refractivity contribution is 0.396. The Kier molecular flexibility index (Phi) is 2.82. The third-order valence-corrected chi connectivity index (χ3v) is 1.96. The van der Waals surface area contributed by atoms with Crippen molar-refractivity contribution in [2.24, 2.45) is 0 Å². The van der Waals surface area contributed by atoms with Crippen LogP contribution in [0.1, 0.15) is 5.69 Å². The minimum atomic E-state index is 0.626. The Morgan fingerprint density at radius 2 is 2.40 bits per heavy atom. The average molecular weight is 204 g/mol. The molecule has 0 aliphatic heterocycles. The van der Waals surface area contributed by atoms with Crippen molar-refractivity contribution in [3.05, 3.63) is 36.3 Å². The van der Waals surface area contributed by atoms with Gasteiger partial charge in [0.25, 0.3) is 0 Å². The zero-order chi connectivity index (χ0) is 10.5. The second-order valence-corrected chi connectivity index (χ2v) is 3.01. The van der Waals surface area contributed by atoms with Crippen LogP contribution in [0.3, 0.4) is 0 Å². The van der Waals surface area contributed by atoms with E-state index in [1.165, 1.54) is 0 Å². The summed E-state index contributed by atoms with van der Waals surface area (Å²) < 4.78 is 5.03. The molecule has 5 nitrogen and oxygen atoms in total. The van der Waals surface area contributed by atoms with Gasteiger partial charge in [0.05, 0.1) is 31.2 Å². The molecule has 0 aliphatic rings. The van der Waals surface area contributed by atoms with Crippen LogP contribution < -0.4 is 10.1 Å². The molecule has 0 amide bonds. The van der Waals surface area contributed by atoms with E-state index in [2.05, 4.69) is 20.5 Å². The monoisotopic (exact) mass is 204 g/mol. The summed E-state index contributed by atoms with van der Waals surface area (Å²) in [5.41, 5.74) is 1.87. The number of ether oxygens (including phenoxy) is 1. The van der Waals surface area contributed by atoms with E-state index in [4.69, 9.17) is 4.74 Å². The predicted molar refractivity (Wildman–Crippen MR) is 56.7 cm³/mol. The Bertz CT molecular complexity index is 413. The average Bonchev–Trinajstić information content (AvgIpc) is 2.79.